The van der Waals surface area contributed by atoms with Crippen LogP contribution in [0.4, 0.5) is 0 Å². The number of rotatable bonds is 7. The highest BCUT2D eigenvalue weighted by Gasteiger charge is 2.30. The van der Waals surface area contributed by atoms with Crippen LogP contribution >= 0.6 is 0 Å². The Hall–Kier alpha value is -2.86. The second-order valence-corrected chi connectivity index (χ2v) is 8.24. The molecule has 0 spiro atoms. The average molecular weight is 408 g/mol. The fourth-order valence-electron chi connectivity index (χ4n) is 4.53. The van der Waals surface area contributed by atoms with Crippen molar-refractivity contribution in [2.24, 2.45) is 5.73 Å². The van der Waals surface area contributed by atoms with Crippen LogP contribution in [0, 0.1) is 0 Å². The molecule has 158 valence electrons. The van der Waals surface area contributed by atoms with Crippen LogP contribution in [0.5, 0.6) is 5.75 Å². The van der Waals surface area contributed by atoms with Gasteiger partial charge in [-0.05, 0) is 49.1 Å². The van der Waals surface area contributed by atoms with Crippen LogP contribution in [-0.2, 0) is 6.61 Å². The van der Waals surface area contributed by atoms with Crippen LogP contribution in [0.15, 0.2) is 48.5 Å². The molecule has 1 atom stereocenters. The Bertz CT molecular complexity index is 908. The van der Waals surface area contributed by atoms with Crippen LogP contribution in [0.3, 0.4) is 0 Å². The number of para-hydroxylation sites is 1. The van der Waals surface area contributed by atoms with E-state index < -0.39 is 5.91 Å². The lowest BCUT2D eigenvalue weighted by molar-refractivity contribution is 0.0935. The maximum atomic E-state index is 12.8. The van der Waals surface area contributed by atoms with E-state index in [-0.39, 0.29) is 18.6 Å². The summed E-state index contributed by atoms with van der Waals surface area (Å²) in [4.78, 5) is 26.8. The Morgan fingerprint density at radius 1 is 1.07 bits per heavy atom. The first-order valence-corrected chi connectivity index (χ1v) is 10.8. The largest absolute Gasteiger partial charge is 0.488 e. The third-order valence-corrected chi connectivity index (χ3v) is 6.13. The zero-order valence-corrected chi connectivity index (χ0v) is 17.2. The fourth-order valence-corrected chi connectivity index (χ4v) is 4.53. The van der Waals surface area contributed by atoms with Gasteiger partial charge in [-0.3, -0.25) is 14.5 Å². The number of nitrogens with two attached hydrogens (primary N) is 1. The molecular formula is C24H29N3O3. The van der Waals surface area contributed by atoms with Crippen molar-refractivity contribution in [1.82, 2.24) is 10.2 Å². The van der Waals surface area contributed by atoms with Crippen LogP contribution in [0.25, 0.3) is 0 Å². The molecule has 2 amide bonds. The minimum atomic E-state index is -0.526. The van der Waals surface area contributed by atoms with Gasteiger partial charge >= 0.3 is 0 Å². The molecule has 1 saturated heterocycles. The Kier molecular flexibility index (Phi) is 6.33. The number of nitrogens with one attached hydrogen (secondary N) is 1. The molecule has 1 aliphatic carbocycles. The van der Waals surface area contributed by atoms with E-state index in [0.29, 0.717) is 22.9 Å². The summed E-state index contributed by atoms with van der Waals surface area (Å²) in [5.74, 6) is -0.132. The predicted molar refractivity (Wildman–Crippen MR) is 115 cm³/mol. The van der Waals surface area contributed by atoms with E-state index in [0.717, 1.165) is 25.1 Å². The molecule has 0 radical (unpaired) electrons. The second kappa shape index (κ2) is 9.30. The molecule has 0 aromatic heterocycles. The van der Waals surface area contributed by atoms with Gasteiger partial charge in [-0.1, -0.05) is 37.1 Å². The first-order chi connectivity index (χ1) is 14.6. The Labute approximate surface area is 177 Å². The first kappa shape index (κ1) is 20.4. The zero-order chi connectivity index (χ0) is 20.9. The van der Waals surface area contributed by atoms with Gasteiger partial charge in [-0.2, -0.15) is 0 Å². The highest BCUT2D eigenvalue weighted by atomic mass is 16.5. The highest BCUT2D eigenvalue weighted by Crippen LogP contribution is 2.26. The van der Waals surface area contributed by atoms with Gasteiger partial charge in [0.25, 0.3) is 11.8 Å². The summed E-state index contributed by atoms with van der Waals surface area (Å²) in [5.41, 5.74) is 7.23. The Morgan fingerprint density at radius 3 is 2.67 bits per heavy atom. The van der Waals surface area contributed by atoms with Crippen molar-refractivity contribution in [3.8, 4) is 5.75 Å². The minimum Gasteiger partial charge on any atom is -0.488 e. The fraction of sp³-hybridized carbons (Fsp3) is 0.417. The van der Waals surface area contributed by atoms with Crippen molar-refractivity contribution >= 4 is 11.8 Å². The number of ether oxygens (including phenoxy) is 1. The smallest absolute Gasteiger partial charge is 0.252 e. The van der Waals surface area contributed by atoms with Gasteiger partial charge in [-0.15, -0.1) is 0 Å². The lowest BCUT2D eigenvalue weighted by Crippen LogP contribution is -2.39. The maximum absolute atomic E-state index is 12.8. The van der Waals surface area contributed by atoms with Gasteiger partial charge in [0.1, 0.15) is 12.4 Å². The number of carbonyl (C=O) groups excluding carboxylic acids is 2. The van der Waals surface area contributed by atoms with Crippen LogP contribution in [-0.4, -0.2) is 41.9 Å². The summed E-state index contributed by atoms with van der Waals surface area (Å²) in [5, 5.41) is 3.19. The summed E-state index contributed by atoms with van der Waals surface area (Å²) < 4.78 is 5.78. The number of primary amides is 1. The van der Waals surface area contributed by atoms with Crippen molar-refractivity contribution < 1.29 is 14.3 Å². The minimum absolute atomic E-state index is 0.0485. The molecule has 4 rings (SSSR count). The molecule has 6 nitrogen and oxygen atoms in total. The molecule has 3 N–H and O–H groups in total. The second-order valence-electron chi connectivity index (χ2n) is 8.24. The molecule has 1 unspecified atom stereocenters. The molecule has 1 aliphatic heterocycles. The molecule has 2 fully saturated rings. The molecule has 6 heteroatoms. The number of benzene rings is 2. The quantitative estimate of drug-likeness (QED) is 0.739. The molecule has 30 heavy (non-hydrogen) atoms. The van der Waals surface area contributed by atoms with E-state index in [2.05, 4.69) is 10.2 Å². The molecule has 1 saturated carbocycles. The van der Waals surface area contributed by atoms with Crippen molar-refractivity contribution in [2.75, 3.05) is 13.1 Å². The summed E-state index contributed by atoms with van der Waals surface area (Å²) in [6.45, 7) is 2.27. The van der Waals surface area contributed by atoms with Crippen molar-refractivity contribution in [2.45, 2.75) is 50.8 Å². The SMILES string of the molecule is NC(=O)c1ccccc1OCc1cccc(C(=O)NC2CCN(C3CCCC3)C2)c1. The summed E-state index contributed by atoms with van der Waals surface area (Å²) in [6.07, 6.45) is 6.26. The van der Waals surface area contributed by atoms with E-state index in [1.165, 1.54) is 25.7 Å². The lowest BCUT2D eigenvalue weighted by atomic mass is 10.1. The van der Waals surface area contributed by atoms with Crippen LogP contribution < -0.4 is 15.8 Å². The normalized spacial score (nSPS) is 19.7. The summed E-state index contributed by atoms with van der Waals surface area (Å²) >= 11 is 0. The first-order valence-electron chi connectivity index (χ1n) is 10.8. The molecule has 1 heterocycles. The van der Waals surface area contributed by atoms with Crippen molar-refractivity contribution in [3.05, 3.63) is 65.2 Å². The van der Waals surface area contributed by atoms with E-state index in [1.54, 1.807) is 24.3 Å². The molecule has 2 aromatic carbocycles. The van der Waals surface area contributed by atoms with E-state index in [4.69, 9.17) is 10.5 Å². The highest BCUT2D eigenvalue weighted by molar-refractivity contribution is 5.95. The predicted octanol–water partition coefficient (Wildman–Crippen LogP) is 3.11. The lowest BCUT2D eigenvalue weighted by Gasteiger charge is -2.23. The Morgan fingerprint density at radius 2 is 1.87 bits per heavy atom. The van der Waals surface area contributed by atoms with Gasteiger partial charge in [0.15, 0.2) is 0 Å². The number of hydrogen-bond acceptors (Lipinski definition) is 4. The van der Waals surface area contributed by atoms with E-state index in [1.807, 2.05) is 24.3 Å². The summed E-state index contributed by atoms with van der Waals surface area (Å²) in [6, 6.07) is 15.2. The number of nitrogens with zero attached hydrogens (tertiary/aromatic N) is 1. The molecule has 2 aromatic rings. The number of hydrogen-bond donors (Lipinski definition) is 2. The van der Waals surface area contributed by atoms with Crippen LogP contribution in [0.2, 0.25) is 0 Å². The average Bonchev–Trinajstić information content (AvgIpc) is 3.44. The van der Waals surface area contributed by atoms with Crippen molar-refractivity contribution in [3.63, 3.8) is 0 Å². The third-order valence-electron chi connectivity index (χ3n) is 6.13. The van der Waals surface area contributed by atoms with E-state index in [9.17, 15) is 9.59 Å². The van der Waals surface area contributed by atoms with E-state index >= 15 is 0 Å². The number of carbonyl (C=O) groups is 2. The monoisotopic (exact) mass is 407 g/mol. The van der Waals surface area contributed by atoms with Gasteiger partial charge in [0.2, 0.25) is 0 Å². The van der Waals surface area contributed by atoms with Crippen molar-refractivity contribution in [1.29, 1.82) is 0 Å². The summed E-state index contributed by atoms with van der Waals surface area (Å²) in [7, 11) is 0. The standard InChI is InChI=1S/C24H29N3O3/c25-23(28)21-10-3-4-11-22(21)30-16-17-6-5-7-18(14-17)24(29)26-19-12-13-27(15-19)20-8-1-2-9-20/h3-7,10-11,14,19-20H,1-2,8-9,12-13,15-16H2,(H2,25,28)(H,26,29). The molecule has 2 aliphatic rings. The topological polar surface area (TPSA) is 84.7 Å². The third kappa shape index (κ3) is 4.82. The Balaban J connectivity index is 1.34. The number of amides is 2. The molecular weight excluding hydrogens is 378 g/mol. The maximum Gasteiger partial charge on any atom is 0.252 e. The zero-order valence-electron chi connectivity index (χ0n) is 17.2. The van der Waals surface area contributed by atoms with Crippen LogP contribution in [0.1, 0.15) is 58.4 Å². The van der Waals surface area contributed by atoms with Gasteiger partial charge in [-0.25, -0.2) is 0 Å². The number of likely N-dealkylation sites (tertiary alicyclic amines) is 1. The van der Waals surface area contributed by atoms with Gasteiger partial charge in [0.05, 0.1) is 5.56 Å². The van der Waals surface area contributed by atoms with Gasteiger partial charge in [0, 0.05) is 30.7 Å². The van der Waals surface area contributed by atoms with Gasteiger partial charge < -0.3 is 15.8 Å². The molecule has 0 bridgehead atoms.